The van der Waals surface area contributed by atoms with Crippen LogP contribution >= 0.6 is 0 Å². The molecule has 0 aromatic heterocycles. The molecule has 0 aliphatic rings. The molecule has 0 fully saturated rings. The van der Waals surface area contributed by atoms with E-state index in [1.54, 1.807) is 6.92 Å². The molecule has 0 bridgehead atoms. The van der Waals surface area contributed by atoms with Crippen LogP contribution < -0.4 is 10.6 Å². The number of aliphatic hydroxyl groups excluding tert-OH is 1. The Hall–Kier alpha value is -1.76. The zero-order valence-electron chi connectivity index (χ0n) is 10.3. The molecule has 4 nitrogen and oxygen atoms in total. The highest BCUT2D eigenvalue weighted by Gasteiger charge is 2.14. The lowest BCUT2D eigenvalue weighted by Gasteiger charge is -2.16. The van der Waals surface area contributed by atoms with Crippen LogP contribution in [0.25, 0.3) is 0 Å². The molecule has 0 aliphatic heterocycles. The third-order valence-electron chi connectivity index (χ3n) is 2.56. The summed E-state index contributed by atoms with van der Waals surface area (Å²) in [4.78, 5) is 11.5. The van der Waals surface area contributed by atoms with Gasteiger partial charge in [0, 0.05) is 24.8 Å². The summed E-state index contributed by atoms with van der Waals surface area (Å²) in [7, 11) is 0. The molecule has 0 radical (unpaired) electrons. The predicted molar refractivity (Wildman–Crippen MR) is 64.3 cm³/mol. The van der Waals surface area contributed by atoms with Gasteiger partial charge in [-0.2, -0.15) is 0 Å². The number of aliphatic hydroxyl groups is 1. The molecule has 0 heterocycles. The molecule has 0 saturated heterocycles. The van der Waals surface area contributed by atoms with E-state index in [1.165, 1.54) is 0 Å². The predicted octanol–water partition coefficient (Wildman–Crippen LogP) is 2.39. The summed E-state index contributed by atoms with van der Waals surface area (Å²) >= 11 is 0. The molecular formula is C12H15F3N2O2. The average molecular weight is 276 g/mol. The van der Waals surface area contributed by atoms with Gasteiger partial charge in [0.05, 0.1) is 5.69 Å². The molecule has 1 rings (SSSR count). The molecule has 1 unspecified atom stereocenters. The van der Waals surface area contributed by atoms with Crippen molar-refractivity contribution in [3.05, 3.63) is 29.6 Å². The number of hydrogen-bond acceptors (Lipinski definition) is 2. The average Bonchev–Trinajstić information content (AvgIpc) is 2.35. The zero-order valence-corrected chi connectivity index (χ0v) is 10.3. The summed E-state index contributed by atoms with van der Waals surface area (Å²) in [6.07, 6.45) is 0.929. The highest BCUT2D eigenvalue weighted by atomic mass is 19.2. The fourth-order valence-electron chi connectivity index (χ4n) is 1.50. The van der Waals surface area contributed by atoms with Crippen LogP contribution in [0.15, 0.2) is 12.1 Å². The number of rotatable bonds is 5. The molecule has 1 atom stereocenters. The summed E-state index contributed by atoms with van der Waals surface area (Å²) in [5.41, 5.74) is -0.449. The first-order chi connectivity index (χ1) is 8.97. The van der Waals surface area contributed by atoms with E-state index in [0.717, 1.165) is 0 Å². The Balaban J connectivity index is 2.69. The fraction of sp³-hybridized carbons (Fsp3) is 0.417. The number of halogens is 3. The second kappa shape index (κ2) is 6.98. The zero-order chi connectivity index (χ0) is 14.4. The normalized spacial score (nSPS) is 12.1. The van der Waals surface area contributed by atoms with Gasteiger partial charge in [-0.3, -0.25) is 0 Å². The molecule has 1 aromatic carbocycles. The van der Waals surface area contributed by atoms with Gasteiger partial charge in [-0.05, 0) is 12.8 Å². The van der Waals surface area contributed by atoms with Gasteiger partial charge >= 0.3 is 6.03 Å². The summed E-state index contributed by atoms with van der Waals surface area (Å²) in [6.45, 7) is 1.71. The molecule has 3 N–H and O–H groups in total. The Labute approximate surface area is 108 Å². The van der Waals surface area contributed by atoms with E-state index >= 15 is 0 Å². The first kappa shape index (κ1) is 15.3. The van der Waals surface area contributed by atoms with Crippen molar-refractivity contribution in [1.29, 1.82) is 0 Å². The monoisotopic (exact) mass is 276 g/mol. The van der Waals surface area contributed by atoms with Crippen LogP contribution in [0.4, 0.5) is 23.7 Å². The van der Waals surface area contributed by atoms with Crippen LogP contribution in [-0.2, 0) is 0 Å². The van der Waals surface area contributed by atoms with Crippen molar-refractivity contribution in [2.45, 2.75) is 25.8 Å². The first-order valence-electron chi connectivity index (χ1n) is 5.80. The highest BCUT2D eigenvalue weighted by molar-refractivity contribution is 5.89. The third-order valence-corrected chi connectivity index (χ3v) is 2.56. The quantitative estimate of drug-likeness (QED) is 0.723. The van der Waals surface area contributed by atoms with Gasteiger partial charge in [-0.15, -0.1) is 0 Å². The van der Waals surface area contributed by atoms with Crippen molar-refractivity contribution in [1.82, 2.24) is 5.32 Å². The number of carbonyl (C=O) groups excluding carboxylic acids is 1. The first-order valence-corrected chi connectivity index (χ1v) is 5.80. The molecule has 0 spiro atoms. The second-order valence-electron chi connectivity index (χ2n) is 3.96. The molecule has 106 valence electrons. The number of hydrogen-bond donors (Lipinski definition) is 3. The number of amides is 2. The lowest BCUT2D eigenvalue weighted by Crippen LogP contribution is -2.38. The van der Waals surface area contributed by atoms with Crippen molar-refractivity contribution >= 4 is 11.7 Å². The smallest absolute Gasteiger partial charge is 0.319 e. The Kier molecular flexibility index (Phi) is 5.62. The Morgan fingerprint density at radius 3 is 2.47 bits per heavy atom. The van der Waals surface area contributed by atoms with E-state index in [1.807, 2.05) is 0 Å². The van der Waals surface area contributed by atoms with Crippen molar-refractivity contribution in [2.24, 2.45) is 0 Å². The van der Waals surface area contributed by atoms with E-state index in [2.05, 4.69) is 10.6 Å². The minimum Gasteiger partial charge on any atom is -0.396 e. The maximum atomic E-state index is 13.3. The number of nitrogens with one attached hydrogen (secondary N) is 2. The van der Waals surface area contributed by atoms with Crippen molar-refractivity contribution in [3.8, 4) is 0 Å². The summed E-state index contributed by atoms with van der Waals surface area (Å²) in [5, 5.41) is 13.3. The lowest BCUT2D eigenvalue weighted by molar-refractivity contribution is 0.237. The molecule has 1 aromatic rings. The number of benzene rings is 1. The standard InChI is InChI=1S/C12H15F3N2O2/c1-2-7(3-4-18)16-12(19)17-11-6-9(14)8(13)5-10(11)15/h5-7,18H,2-4H2,1H3,(H2,16,17,19). The molecule has 19 heavy (non-hydrogen) atoms. The van der Waals surface area contributed by atoms with Crippen molar-refractivity contribution < 1.29 is 23.1 Å². The van der Waals surface area contributed by atoms with Gasteiger partial charge in [0.25, 0.3) is 0 Å². The van der Waals surface area contributed by atoms with Crippen LogP contribution in [0.5, 0.6) is 0 Å². The van der Waals surface area contributed by atoms with E-state index in [0.29, 0.717) is 25.0 Å². The number of urea groups is 1. The minimum atomic E-state index is -1.32. The Morgan fingerprint density at radius 1 is 1.26 bits per heavy atom. The lowest BCUT2D eigenvalue weighted by atomic mass is 10.2. The van der Waals surface area contributed by atoms with Gasteiger partial charge in [-0.1, -0.05) is 6.92 Å². The Morgan fingerprint density at radius 2 is 1.89 bits per heavy atom. The molecule has 2 amide bonds. The van der Waals surface area contributed by atoms with Gasteiger partial charge < -0.3 is 15.7 Å². The highest BCUT2D eigenvalue weighted by Crippen LogP contribution is 2.18. The maximum Gasteiger partial charge on any atom is 0.319 e. The van der Waals surface area contributed by atoms with E-state index in [-0.39, 0.29) is 12.6 Å². The van der Waals surface area contributed by atoms with Crippen LogP contribution in [0.1, 0.15) is 19.8 Å². The molecule has 0 saturated carbocycles. The van der Waals surface area contributed by atoms with Crippen LogP contribution in [0, 0.1) is 17.5 Å². The molecular weight excluding hydrogens is 261 g/mol. The molecule has 7 heteroatoms. The van der Waals surface area contributed by atoms with E-state index in [4.69, 9.17) is 5.11 Å². The Bertz CT molecular complexity index is 455. The summed E-state index contributed by atoms with van der Waals surface area (Å²) in [5.74, 6) is -3.64. The van der Waals surface area contributed by atoms with Crippen LogP contribution in [0.2, 0.25) is 0 Å². The maximum absolute atomic E-state index is 13.3. The fourth-order valence-corrected chi connectivity index (χ4v) is 1.50. The SMILES string of the molecule is CCC(CCO)NC(=O)Nc1cc(F)c(F)cc1F. The largest absolute Gasteiger partial charge is 0.396 e. The van der Waals surface area contributed by atoms with Crippen LogP contribution in [-0.4, -0.2) is 23.8 Å². The van der Waals surface area contributed by atoms with Gasteiger partial charge in [0.2, 0.25) is 0 Å². The van der Waals surface area contributed by atoms with Crippen molar-refractivity contribution in [2.75, 3.05) is 11.9 Å². The second-order valence-corrected chi connectivity index (χ2v) is 3.96. The van der Waals surface area contributed by atoms with E-state index < -0.39 is 29.2 Å². The number of anilines is 1. The van der Waals surface area contributed by atoms with Gasteiger partial charge in [-0.25, -0.2) is 18.0 Å². The van der Waals surface area contributed by atoms with Crippen LogP contribution in [0.3, 0.4) is 0 Å². The van der Waals surface area contributed by atoms with Gasteiger partial charge in [0.1, 0.15) is 5.82 Å². The minimum absolute atomic E-state index is 0.0989. The summed E-state index contributed by atoms with van der Waals surface area (Å²) in [6, 6.07) is -0.101. The van der Waals surface area contributed by atoms with Crippen molar-refractivity contribution in [3.63, 3.8) is 0 Å². The number of carbonyl (C=O) groups is 1. The topological polar surface area (TPSA) is 61.4 Å². The van der Waals surface area contributed by atoms with Gasteiger partial charge in [0.15, 0.2) is 11.6 Å². The van der Waals surface area contributed by atoms with E-state index in [9.17, 15) is 18.0 Å². The summed E-state index contributed by atoms with van der Waals surface area (Å²) < 4.78 is 38.9. The third kappa shape index (κ3) is 4.44. The molecule has 0 aliphatic carbocycles.